The van der Waals surface area contributed by atoms with Gasteiger partial charge in [-0.3, -0.25) is 0 Å². The Labute approximate surface area is 159 Å². The van der Waals surface area contributed by atoms with Gasteiger partial charge in [-0.1, -0.05) is 123 Å². The van der Waals surface area contributed by atoms with E-state index >= 15 is 0 Å². The van der Waals surface area contributed by atoms with E-state index in [2.05, 4.69) is 13.8 Å². The van der Waals surface area contributed by atoms with E-state index in [-0.39, 0.29) is 0 Å². The Morgan fingerprint density at radius 1 is 0.320 bits per heavy atom. The Bertz CT molecular complexity index is 196. The third kappa shape index (κ3) is 23.9. The summed E-state index contributed by atoms with van der Waals surface area (Å²) in [5.74, 6) is 0. The van der Waals surface area contributed by atoms with Gasteiger partial charge in [-0.2, -0.15) is 0 Å². The van der Waals surface area contributed by atoms with Crippen molar-refractivity contribution in [2.75, 3.05) is 13.2 Å². The van der Waals surface area contributed by atoms with E-state index in [1.54, 1.807) is 0 Å². The predicted molar refractivity (Wildman–Crippen MR) is 111 cm³/mol. The van der Waals surface area contributed by atoms with E-state index in [0.29, 0.717) is 0 Å². The summed E-state index contributed by atoms with van der Waals surface area (Å²) in [6, 6.07) is 0. The lowest BCUT2D eigenvalue weighted by Crippen LogP contribution is -1.99. The van der Waals surface area contributed by atoms with Gasteiger partial charge < -0.3 is 0 Å². The Kier molecular flexibility index (Phi) is 23.8. The molecule has 2 nitrogen and oxygen atoms in total. The molecule has 0 aromatic heterocycles. The molecule has 0 fully saturated rings. The van der Waals surface area contributed by atoms with Gasteiger partial charge >= 0.3 is 0 Å². The summed E-state index contributed by atoms with van der Waals surface area (Å²) in [6.45, 7) is 6.10. The average molecular weight is 357 g/mol. The number of unbranched alkanes of at least 4 members (excludes halogenated alkanes) is 17. The van der Waals surface area contributed by atoms with Gasteiger partial charge in [0, 0.05) is 0 Å². The maximum absolute atomic E-state index is 5.28. The fourth-order valence-electron chi connectivity index (χ4n) is 3.24. The highest BCUT2D eigenvalue weighted by Gasteiger charge is 1.95. The monoisotopic (exact) mass is 356 g/mol. The summed E-state index contributed by atoms with van der Waals surface area (Å²) in [6.07, 6.45) is 25.8. The number of rotatable bonds is 22. The van der Waals surface area contributed by atoms with E-state index in [0.717, 1.165) is 26.1 Å². The van der Waals surface area contributed by atoms with Crippen molar-refractivity contribution >= 4 is 0 Å². The first-order valence-electron chi connectivity index (χ1n) is 11.7. The zero-order valence-electron chi connectivity index (χ0n) is 17.7. The normalized spacial score (nSPS) is 11.3. The van der Waals surface area contributed by atoms with Crippen LogP contribution in [0, 0.1) is 0 Å². The van der Waals surface area contributed by atoms with Crippen LogP contribution >= 0.6 is 0 Å². The van der Waals surface area contributed by atoms with Crippen LogP contribution in [0.5, 0.6) is 0 Å². The van der Waals surface area contributed by atoms with Crippen molar-refractivity contribution in [2.24, 2.45) is 0 Å². The van der Waals surface area contributed by atoms with Crippen molar-refractivity contribution in [3.05, 3.63) is 0 Å². The summed E-state index contributed by atoms with van der Waals surface area (Å²) in [7, 11) is 0. The molecule has 0 amide bonds. The molecule has 0 saturated heterocycles. The van der Waals surface area contributed by atoms with Crippen molar-refractivity contribution in [3.8, 4) is 0 Å². The zero-order valence-corrected chi connectivity index (χ0v) is 17.7. The van der Waals surface area contributed by atoms with Crippen LogP contribution in [-0.2, 0) is 9.78 Å². The number of hydrogen-bond donors (Lipinski definition) is 0. The first-order valence-corrected chi connectivity index (χ1v) is 11.7. The minimum atomic E-state index is 0.771. The van der Waals surface area contributed by atoms with Gasteiger partial charge in [0.25, 0.3) is 0 Å². The Hall–Kier alpha value is -0.0800. The van der Waals surface area contributed by atoms with Gasteiger partial charge in [0.2, 0.25) is 0 Å². The summed E-state index contributed by atoms with van der Waals surface area (Å²) in [5.41, 5.74) is 0. The second kappa shape index (κ2) is 23.9. The van der Waals surface area contributed by atoms with Crippen LogP contribution in [-0.4, -0.2) is 13.2 Å². The Morgan fingerprint density at radius 3 is 0.840 bits per heavy atom. The standard InChI is InChI=1S/C23H48O2/c1-3-5-7-9-11-13-15-17-19-21-23-25-24-22-20-18-16-14-12-10-8-6-4-2/h3-23H2,1-2H3. The highest BCUT2D eigenvalue weighted by atomic mass is 17.2. The second-order valence-electron chi connectivity index (χ2n) is 7.65. The highest BCUT2D eigenvalue weighted by molar-refractivity contribution is 4.47. The third-order valence-electron chi connectivity index (χ3n) is 5.00. The first-order chi connectivity index (χ1) is 12.4. The molecule has 152 valence electrons. The maximum Gasteiger partial charge on any atom is 0.0822 e. The SMILES string of the molecule is CCCCCCCCCCCCOOCCCCCCCCCCC. The van der Waals surface area contributed by atoms with Gasteiger partial charge in [0.15, 0.2) is 0 Å². The van der Waals surface area contributed by atoms with Crippen molar-refractivity contribution in [2.45, 2.75) is 136 Å². The van der Waals surface area contributed by atoms with E-state index in [4.69, 9.17) is 9.78 Å². The molecule has 0 atom stereocenters. The van der Waals surface area contributed by atoms with Crippen LogP contribution in [0.2, 0.25) is 0 Å². The van der Waals surface area contributed by atoms with Crippen molar-refractivity contribution < 1.29 is 9.78 Å². The Morgan fingerprint density at radius 2 is 0.560 bits per heavy atom. The van der Waals surface area contributed by atoms with E-state index < -0.39 is 0 Å². The summed E-state index contributed by atoms with van der Waals surface area (Å²) in [4.78, 5) is 10.6. The lowest BCUT2D eigenvalue weighted by atomic mass is 10.1. The maximum atomic E-state index is 5.28. The summed E-state index contributed by atoms with van der Waals surface area (Å²) >= 11 is 0. The van der Waals surface area contributed by atoms with Crippen LogP contribution in [0.15, 0.2) is 0 Å². The molecule has 0 radical (unpaired) electrons. The smallest absolute Gasteiger partial charge is 0.0822 e. The van der Waals surface area contributed by atoms with Gasteiger partial charge in [0.1, 0.15) is 0 Å². The molecular weight excluding hydrogens is 308 g/mol. The molecule has 0 aromatic rings. The third-order valence-corrected chi connectivity index (χ3v) is 5.00. The minimum absolute atomic E-state index is 0.771. The molecule has 0 saturated carbocycles. The van der Waals surface area contributed by atoms with Crippen molar-refractivity contribution in [1.82, 2.24) is 0 Å². The van der Waals surface area contributed by atoms with E-state index in [1.807, 2.05) is 0 Å². The summed E-state index contributed by atoms with van der Waals surface area (Å²) < 4.78 is 0. The van der Waals surface area contributed by atoms with Gasteiger partial charge in [-0.25, -0.2) is 9.78 Å². The minimum Gasteiger partial charge on any atom is -0.237 e. The fourth-order valence-corrected chi connectivity index (χ4v) is 3.24. The van der Waals surface area contributed by atoms with Gasteiger partial charge in [-0.15, -0.1) is 0 Å². The van der Waals surface area contributed by atoms with Crippen LogP contribution in [0.25, 0.3) is 0 Å². The van der Waals surface area contributed by atoms with Gasteiger partial charge in [0.05, 0.1) is 13.2 Å². The lowest BCUT2D eigenvalue weighted by molar-refractivity contribution is -0.295. The van der Waals surface area contributed by atoms with Crippen LogP contribution < -0.4 is 0 Å². The molecule has 0 N–H and O–H groups in total. The number of hydrogen-bond acceptors (Lipinski definition) is 2. The van der Waals surface area contributed by atoms with E-state index in [9.17, 15) is 0 Å². The molecule has 0 aliphatic carbocycles. The van der Waals surface area contributed by atoms with Crippen LogP contribution in [0.4, 0.5) is 0 Å². The molecule has 0 bridgehead atoms. The first kappa shape index (κ1) is 24.9. The van der Waals surface area contributed by atoms with E-state index in [1.165, 1.54) is 109 Å². The molecule has 2 heteroatoms. The molecule has 0 unspecified atom stereocenters. The van der Waals surface area contributed by atoms with Crippen LogP contribution in [0.1, 0.15) is 136 Å². The highest BCUT2D eigenvalue weighted by Crippen LogP contribution is 2.11. The molecule has 0 spiro atoms. The fraction of sp³-hybridized carbons (Fsp3) is 1.00. The molecular formula is C23H48O2. The summed E-state index contributed by atoms with van der Waals surface area (Å²) in [5, 5.41) is 0. The van der Waals surface area contributed by atoms with Crippen molar-refractivity contribution in [3.63, 3.8) is 0 Å². The second-order valence-corrected chi connectivity index (χ2v) is 7.65. The quantitative estimate of drug-likeness (QED) is 0.110. The molecule has 0 aliphatic heterocycles. The average Bonchev–Trinajstić information content (AvgIpc) is 2.63. The molecule has 25 heavy (non-hydrogen) atoms. The van der Waals surface area contributed by atoms with Gasteiger partial charge in [-0.05, 0) is 12.8 Å². The van der Waals surface area contributed by atoms with Crippen molar-refractivity contribution in [1.29, 1.82) is 0 Å². The molecule has 0 aromatic carbocycles. The zero-order chi connectivity index (χ0) is 18.3. The topological polar surface area (TPSA) is 18.5 Å². The van der Waals surface area contributed by atoms with Crippen LogP contribution in [0.3, 0.4) is 0 Å². The molecule has 0 rings (SSSR count). The molecule has 0 aliphatic rings. The predicted octanol–water partition coefficient (Wildman–Crippen LogP) is 8.39. The lowest BCUT2D eigenvalue weighted by Gasteiger charge is -2.05. The Balaban J connectivity index is 2.94. The largest absolute Gasteiger partial charge is 0.237 e. The molecule has 0 heterocycles.